The van der Waals surface area contributed by atoms with Crippen molar-refractivity contribution in [3.05, 3.63) is 35.4 Å². The Morgan fingerprint density at radius 1 is 1.17 bits per heavy atom. The van der Waals surface area contributed by atoms with Gasteiger partial charge in [-0.15, -0.1) is 0 Å². The van der Waals surface area contributed by atoms with Crippen LogP contribution in [0.4, 0.5) is 0 Å². The van der Waals surface area contributed by atoms with E-state index in [0.29, 0.717) is 0 Å². The molecular weight excluding hydrogens is 224 g/mol. The second-order valence-corrected chi connectivity index (χ2v) is 5.39. The Bertz CT molecular complexity index is 410. The summed E-state index contributed by atoms with van der Waals surface area (Å²) in [7, 11) is 0. The summed E-state index contributed by atoms with van der Waals surface area (Å²) < 4.78 is 0. The third kappa shape index (κ3) is 3.52. The summed E-state index contributed by atoms with van der Waals surface area (Å²) in [6.45, 7) is 8.51. The standard InChI is InChI=1S/C16H24O2/c1-5-6-7-8-12(2)16(3,4)13-9-14(17)11-15(18)10-13/h8-11,17-18H,5-7H2,1-4H3/b12-8+. The van der Waals surface area contributed by atoms with E-state index >= 15 is 0 Å². The molecule has 1 rings (SSSR count). The van der Waals surface area contributed by atoms with Crippen molar-refractivity contribution < 1.29 is 10.2 Å². The van der Waals surface area contributed by atoms with E-state index in [9.17, 15) is 10.2 Å². The molecule has 0 bridgehead atoms. The second kappa shape index (κ2) is 5.94. The number of benzene rings is 1. The van der Waals surface area contributed by atoms with Crippen LogP contribution in [-0.4, -0.2) is 10.2 Å². The number of rotatable bonds is 5. The van der Waals surface area contributed by atoms with E-state index in [2.05, 4.69) is 33.8 Å². The van der Waals surface area contributed by atoms with E-state index in [0.717, 1.165) is 12.0 Å². The first kappa shape index (κ1) is 14.6. The van der Waals surface area contributed by atoms with Gasteiger partial charge in [-0.2, -0.15) is 0 Å². The van der Waals surface area contributed by atoms with Crippen LogP contribution < -0.4 is 0 Å². The maximum absolute atomic E-state index is 9.57. The van der Waals surface area contributed by atoms with Gasteiger partial charge in [0.15, 0.2) is 0 Å². The maximum atomic E-state index is 9.57. The van der Waals surface area contributed by atoms with Crippen molar-refractivity contribution in [1.82, 2.24) is 0 Å². The van der Waals surface area contributed by atoms with Crippen LogP contribution >= 0.6 is 0 Å². The van der Waals surface area contributed by atoms with E-state index in [1.54, 1.807) is 12.1 Å². The summed E-state index contributed by atoms with van der Waals surface area (Å²) in [5.74, 6) is 0.221. The van der Waals surface area contributed by atoms with Crippen molar-refractivity contribution in [2.24, 2.45) is 0 Å². The highest BCUT2D eigenvalue weighted by atomic mass is 16.3. The minimum absolute atomic E-state index is 0.111. The molecule has 0 amide bonds. The zero-order valence-electron chi connectivity index (χ0n) is 11.8. The number of hydrogen-bond donors (Lipinski definition) is 2. The zero-order valence-corrected chi connectivity index (χ0v) is 11.8. The van der Waals surface area contributed by atoms with Gasteiger partial charge in [-0.05, 0) is 31.0 Å². The van der Waals surface area contributed by atoms with Gasteiger partial charge < -0.3 is 10.2 Å². The van der Waals surface area contributed by atoms with Crippen LogP contribution in [0.5, 0.6) is 11.5 Å². The predicted molar refractivity (Wildman–Crippen MR) is 76.1 cm³/mol. The summed E-state index contributed by atoms with van der Waals surface area (Å²) in [4.78, 5) is 0. The zero-order chi connectivity index (χ0) is 13.8. The monoisotopic (exact) mass is 248 g/mol. The minimum Gasteiger partial charge on any atom is -0.508 e. The average Bonchev–Trinajstić information content (AvgIpc) is 2.27. The summed E-state index contributed by atoms with van der Waals surface area (Å²) in [6.07, 6.45) is 5.72. The number of hydrogen-bond acceptors (Lipinski definition) is 2. The molecule has 0 aliphatic carbocycles. The van der Waals surface area contributed by atoms with Crippen LogP contribution in [0, 0.1) is 0 Å². The van der Waals surface area contributed by atoms with E-state index < -0.39 is 0 Å². The van der Waals surface area contributed by atoms with Gasteiger partial charge >= 0.3 is 0 Å². The molecule has 2 heteroatoms. The van der Waals surface area contributed by atoms with E-state index in [4.69, 9.17) is 0 Å². The lowest BCUT2D eigenvalue weighted by Gasteiger charge is -2.27. The fourth-order valence-electron chi connectivity index (χ4n) is 1.96. The lowest BCUT2D eigenvalue weighted by Crippen LogP contribution is -2.18. The quantitative estimate of drug-likeness (QED) is 0.594. The van der Waals surface area contributed by atoms with Gasteiger partial charge in [0.25, 0.3) is 0 Å². The SMILES string of the molecule is CCCC/C=C(\C)C(C)(C)c1cc(O)cc(O)c1. The van der Waals surface area contributed by atoms with Crippen molar-refractivity contribution in [1.29, 1.82) is 0 Å². The molecule has 0 unspecified atom stereocenters. The van der Waals surface area contributed by atoms with Crippen molar-refractivity contribution in [2.45, 2.75) is 52.4 Å². The van der Waals surface area contributed by atoms with Crippen molar-refractivity contribution in [2.75, 3.05) is 0 Å². The van der Waals surface area contributed by atoms with Gasteiger partial charge in [-0.3, -0.25) is 0 Å². The van der Waals surface area contributed by atoms with Crippen LogP contribution in [0.15, 0.2) is 29.8 Å². The summed E-state index contributed by atoms with van der Waals surface area (Å²) in [6, 6.07) is 4.80. The van der Waals surface area contributed by atoms with E-state index in [1.165, 1.54) is 24.5 Å². The molecule has 0 spiro atoms. The largest absolute Gasteiger partial charge is 0.508 e. The Balaban J connectivity index is 3.00. The fraction of sp³-hybridized carbons (Fsp3) is 0.500. The average molecular weight is 248 g/mol. The molecular formula is C16H24O2. The maximum Gasteiger partial charge on any atom is 0.119 e. The molecule has 0 aliphatic rings. The summed E-state index contributed by atoms with van der Waals surface area (Å²) in [5, 5.41) is 19.1. The molecule has 2 N–H and O–H groups in total. The third-order valence-corrected chi connectivity index (χ3v) is 3.62. The number of unbranched alkanes of at least 4 members (excludes halogenated alkanes) is 2. The van der Waals surface area contributed by atoms with Gasteiger partial charge in [0.05, 0.1) is 0 Å². The topological polar surface area (TPSA) is 40.5 Å². The molecule has 0 aliphatic heterocycles. The van der Waals surface area contributed by atoms with Crippen LogP contribution in [0.3, 0.4) is 0 Å². The molecule has 0 radical (unpaired) electrons. The molecule has 0 aromatic heterocycles. The first-order valence-corrected chi connectivity index (χ1v) is 6.58. The number of allylic oxidation sites excluding steroid dienone is 2. The normalized spacial score (nSPS) is 12.8. The predicted octanol–water partition coefficient (Wildman–Crippen LogP) is 4.51. The van der Waals surface area contributed by atoms with E-state index in [-0.39, 0.29) is 16.9 Å². The Morgan fingerprint density at radius 2 is 1.72 bits per heavy atom. The molecule has 1 aromatic rings. The molecule has 18 heavy (non-hydrogen) atoms. The van der Waals surface area contributed by atoms with Crippen LogP contribution in [0.25, 0.3) is 0 Å². The lowest BCUT2D eigenvalue weighted by atomic mass is 9.77. The summed E-state index contributed by atoms with van der Waals surface area (Å²) >= 11 is 0. The van der Waals surface area contributed by atoms with Gasteiger partial charge in [0.2, 0.25) is 0 Å². The Morgan fingerprint density at radius 3 is 2.22 bits per heavy atom. The molecule has 0 fully saturated rings. The van der Waals surface area contributed by atoms with Gasteiger partial charge in [0, 0.05) is 11.5 Å². The van der Waals surface area contributed by atoms with Crippen LogP contribution in [0.1, 0.15) is 52.5 Å². The van der Waals surface area contributed by atoms with Crippen molar-refractivity contribution in [3.63, 3.8) is 0 Å². The van der Waals surface area contributed by atoms with E-state index in [1.807, 2.05) is 0 Å². The van der Waals surface area contributed by atoms with Gasteiger partial charge in [-0.25, -0.2) is 0 Å². The Hall–Kier alpha value is -1.44. The fourth-order valence-corrected chi connectivity index (χ4v) is 1.96. The first-order chi connectivity index (χ1) is 8.37. The second-order valence-electron chi connectivity index (χ2n) is 5.39. The van der Waals surface area contributed by atoms with Crippen molar-refractivity contribution in [3.8, 4) is 11.5 Å². The summed E-state index contributed by atoms with van der Waals surface area (Å²) in [5.41, 5.74) is 2.02. The Kier molecular flexibility index (Phi) is 4.83. The molecule has 2 nitrogen and oxygen atoms in total. The number of aromatic hydroxyl groups is 2. The van der Waals surface area contributed by atoms with Gasteiger partial charge in [0.1, 0.15) is 11.5 Å². The molecule has 100 valence electrons. The Labute approximate surface area is 110 Å². The van der Waals surface area contributed by atoms with Crippen molar-refractivity contribution >= 4 is 0 Å². The van der Waals surface area contributed by atoms with Crippen LogP contribution in [0.2, 0.25) is 0 Å². The lowest BCUT2D eigenvalue weighted by molar-refractivity contribution is 0.445. The highest BCUT2D eigenvalue weighted by Crippen LogP contribution is 2.35. The smallest absolute Gasteiger partial charge is 0.119 e. The molecule has 1 aromatic carbocycles. The number of phenols is 2. The highest BCUT2D eigenvalue weighted by molar-refractivity contribution is 5.43. The molecule has 0 saturated heterocycles. The van der Waals surface area contributed by atoms with Gasteiger partial charge in [-0.1, -0.05) is 45.3 Å². The third-order valence-electron chi connectivity index (χ3n) is 3.62. The first-order valence-electron chi connectivity index (χ1n) is 6.58. The molecule has 0 atom stereocenters. The minimum atomic E-state index is -0.177. The highest BCUT2D eigenvalue weighted by Gasteiger charge is 2.23. The van der Waals surface area contributed by atoms with Crippen LogP contribution in [-0.2, 0) is 5.41 Å². The molecule has 0 saturated carbocycles. The molecule has 0 heterocycles. The number of phenolic OH excluding ortho intramolecular Hbond substituents is 2.